The Kier molecular flexibility index (Phi) is 4.29. The van der Waals surface area contributed by atoms with E-state index in [-0.39, 0.29) is 5.91 Å². The van der Waals surface area contributed by atoms with E-state index < -0.39 is 0 Å². The van der Waals surface area contributed by atoms with Gasteiger partial charge in [0.2, 0.25) is 5.91 Å². The smallest absolute Gasteiger partial charge is 0.227 e. The molecule has 1 saturated heterocycles. The summed E-state index contributed by atoms with van der Waals surface area (Å²) in [5, 5.41) is 1.06. The van der Waals surface area contributed by atoms with Gasteiger partial charge in [-0.25, -0.2) is 9.97 Å². The third kappa shape index (κ3) is 3.31. The van der Waals surface area contributed by atoms with Gasteiger partial charge in [0.05, 0.1) is 11.9 Å². The molecule has 0 unspecified atom stereocenters. The van der Waals surface area contributed by atoms with Gasteiger partial charge >= 0.3 is 0 Å². The SMILES string of the molecule is O=C(Cc1ccccc1)N1CCN(c2ncnc3ccccc23)CC1. The average Bonchev–Trinajstić information content (AvgIpc) is 2.68. The average molecular weight is 332 g/mol. The van der Waals surface area contributed by atoms with Crippen LogP contribution in [0.5, 0.6) is 0 Å². The zero-order valence-electron chi connectivity index (χ0n) is 14.0. The maximum atomic E-state index is 12.5. The number of carbonyl (C=O) groups is 1. The lowest BCUT2D eigenvalue weighted by atomic mass is 10.1. The van der Waals surface area contributed by atoms with Gasteiger partial charge in [-0.1, -0.05) is 42.5 Å². The van der Waals surface area contributed by atoms with Gasteiger partial charge in [0.1, 0.15) is 12.1 Å². The summed E-state index contributed by atoms with van der Waals surface area (Å²) in [5.74, 6) is 1.15. The van der Waals surface area contributed by atoms with Crippen molar-refractivity contribution < 1.29 is 4.79 Å². The highest BCUT2D eigenvalue weighted by atomic mass is 16.2. The first kappa shape index (κ1) is 15.6. The third-order valence-electron chi connectivity index (χ3n) is 4.65. The Morgan fingerprint density at radius 3 is 2.40 bits per heavy atom. The van der Waals surface area contributed by atoms with Gasteiger partial charge < -0.3 is 9.80 Å². The number of hydrogen-bond acceptors (Lipinski definition) is 4. The van der Waals surface area contributed by atoms with Crippen molar-refractivity contribution in [1.29, 1.82) is 0 Å². The summed E-state index contributed by atoms with van der Waals surface area (Å²) in [7, 11) is 0. The lowest BCUT2D eigenvalue weighted by Crippen LogP contribution is -2.49. The summed E-state index contributed by atoms with van der Waals surface area (Å²) in [6.07, 6.45) is 2.09. The molecule has 0 saturated carbocycles. The Hall–Kier alpha value is -2.95. The van der Waals surface area contributed by atoms with Gasteiger partial charge in [-0.05, 0) is 17.7 Å². The van der Waals surface area contributed by atoms with Crippen LogP contribution in [0.1, 0.15) is 5.56 Å². The van der Waals surface area contributed by atoms with E-state index in [0.29, 0.717) is 6.42 Å². The summed E-state index contributed by atoms with van der Waals surface area (Å²) in [4.78, 5) is 25.5. The highest BCUT2D eigenvalue weighted by Crippen LogP contribution is 2.23. The molecular formula is C20H20N4O. The van der Waals surface area contributed by atoms with E-state index in [4.69, 9.17) is 0 Å². The first-order chi connectivity index (χ1) is 12.3. The number of aromatic nitrogens is 2. The van der Waals surface area contributed by atoms with Gasteiger partial charge in [0, 0.05) is 31.6 Å². The molecule has 0 bridgehead atoms. The minimum atomic E-state index is 0.193. The summed E-state index contributed by atoms with van der Waals surface area (Å²) in [6.45, 7) is 3.04. The van der Waals surface area contributed by atoms with Crippen molar-refractivity contribution in [3.8, 4) is 0 Å². The van der Waals surface area contributed by atoms with E-state index >= 15 is 0 Å². The van der Waals surface area contributed by atoms with Crippen molar-refractivity contribution in [2.24, 2.45) is 0 Å². The highest BCUT2D eigenvalue weighted by Gasteiger charge is 2.23. The van der Waals surface area contributed by atoms with E-state index in [1.54, 1.807) is 6.33 Å². The lowest BCUT2D eigenvalue weighted by molar-refractivity contribution is -0.130. The number of piperazine rings is 1. The van der Waals surface area contributed by atoms with Crippen molar-refractivity contribution >= 4 is 22.6 Å². The second kappa shape index (κ2) is 6.89. The number of carbonyl (C=O) groups excluding carboxylic acids is 1. The molecule has 5 heteroatoms. The first-order valence-corrected chi connectivity index (χ1v) is 8.58. The standard InChI is InChI=1S/C20H20N4O/c25-19(14-16-6-2-1-3-7-16)23-10-12-24(13-11-23)20-17-8-4-5-9-18(17)21-15-22-20/h1-9,15H,10-14H2. The van der Waals surface area contributed by atoms with Crippen molar-refractivity contribution in [1.82, 2.24) is 14.9 Å². The molecule has 0 aliphatic carbocycles. The maximum Gasteiger partial charge on any atom is 0.227 e. The molecule has 25 heavy (non-hydrogen) atoms. The molecule has 5 nitrogen and oxygen atoms in total. The Bertz CT molecular complexity index is 868. The van der Waals surface area contributed by atoms with E-state index in [0.717, 1.165) is 48.5 Å². The molecular weight excluding hydrogens is 312 g/mol. The molecule has 2 heterocycles. The lowest BCUT2D eigenvalue weighted by Gasteiger charge is -2.35. The fourth-order valence-electron chi connectivity index (χ4n) is 3.29. The molecule has 3 aromatic rings. The minimum absolute atomic E-state index is 0.193. The van der Waals surface area contributed by atoms with Crippen LogP contribution in [0.15, 0.2) is 60.9 Å². The molecule has 0 N–H and O–H groups in total. The quantitative estimate of drug-likeness (QED) is 0.739. The fourth-order valence-corrected chi connectivity index (χ4v) is 3.29. The predicted octanol–water partition coefficient (Wildman–Crippen LogP) is 2.52. The zero-order chi connectivity index (χ0) is 17.1. The normalized spacial score (nSPS) is 14.7. The summed E-state index contributed by atoms with van der Waals surface area (Å²) < 4.78 is 0. The largest absolute Gasteiger partial charge is 0.352 e. The van der Waals surface area contributed by atoms with Gasteiger partial charge in [-0.3, -0.25) is 4.79 Å². The van der Waals surface area contributed by atoms with Crippen molar-refractivity contribution in [3.05, 3.63) is 66.5 Å². The van der Waals surface area contributed by atoms with Crippen LogP contribution in [-0.2, 0) is 11.2 Å². The third-order valence-corrected chi connectivity index (χ3v) is 4.65. The number of rotatable bonds is 3. The Labute approximate surface area is 146 Å². The second-order valence-electron chi connectivity index (χ2n) is 6.24. The zero-order valence-corrected chi connectivity index (χ0v) is 14.0. The van der Waals surface area contributed by atoms with E-state index in [1.165, 1.54) is 0 Å². The van der Waals surface area contributed by atoms with Crippen LogP contribution in [0.25, 0.3) is 10.9 Å². The fraction of sp³-hybridized carbons (Fsp3) is 0.250. The number of fused-ring (bicyclic) bond motifs is 1. The van der Waals surface area contributed by atoms with Crippen LogP contribution < -0.4 is 4.90 Å². The van der Waals surface area contributed by atoms with Crippen LogP contribution in [0, 0.1) is 0 Å². The second-order valence-corrected chi connectivity index (χ2v) is 6.24. The monoisotopic (exact) mass is 332 g/mol. The summed E-state index contributed by atoms with van der Waals surface area (Å²) in [6, 6.07) is 18.0. The molecule has 2 aromatic carbocycles. The molecule has 1 fully saturated rings. The summed E-state index contributed by atoms with van der Waals surface area (Å²) >= 11 is 0. The van der Waals surface area contributed by atoms with Gasteiger partial charge in [0.15, 0.2) is 0 Å². The number of benzene rings is 2. The molecule has 0 atom stereocenters. The van der Waals surface area contributed by atoms with Gasteiger partial charge in [-0.15, -0.1) is 0 Å². The number of nitrogens with zero attached hydrogens (tertiary/aromatic N) is 4. The highest BCUT2D eigenvalue weighted by molar-refractivity contribution is 5.89. The van der Waals surface area contributed by atoms with Crippen LogP contribution in [-0.4, -0.2) is 47.0 Å². The van der Waals surface area contributed by atoms with Crippen molar-refractivity contribution in [2.45, 2.75) is 6.42 Å². The number of hydrogen-bond donors (Lipinski definition) is 0. The Morgan fingerprint density at radius 1 is 0.880 bits per heavy atom. The van der Waals surface area contributed by atoms with Crippen molar-refractivity contribution in [2.75, 3.05) is 31.1 Å². The molecule has 1 aliphatic rings. The summed E-state index contributed by atoms with van der Waals surface area (Å²) in [5.41, 5.74) is 2.02. The molecule has 1 amide bonds. The first-order valence-electron chi connectivity index (χ1n) is 8.58. The van der Waals surface area contributed by atoms with Crippen molar-refractivity contribution in [3.63, 3.8) is 0 Å². The molecule has 1 aliphatic heterocycles. The van der Waals surface area contributed by atoms with E-state index in [1.807, 2.05) is 53.4 Å². The number of amides is 1. The topological polar surface area (TPSA) is 49.3 Å². The van der Waals surface area contributed by atoms with Crippen LogP contribution in [0.3, 0.4) is 0 Å². The number of para-hydroxylation sites is 1. The van der Waals surface area contributed by atoms with Crippen LogP contribution in [0.2, 0.25) is 0 Å². The predicted molar refractivity (Wildman–Crippen MR) is 98.5 cm³/mol. The van der Waals surface area contributed by atoms with Gasteiger partial charge in [-0.2, -0.15) is 0 Å². The molecule has 0 spiro atoms. The Morgan fingerprint density at radius 2 is 1.60 bits per heavy atom. The molecule has 126 valence electrons. The maximum absolute atomic E-state index is 12.5. The number of anilines is 1. The van der Waals surface area contributed by atoms with Gasteiger partial charge in [0.25, 0.3) is 0 Å². The molecule has 0 radical (unpaired) electrons. The molecule has 1 aromatic heterocycles. The van der Waals surface area contributed by atoms with E-state index in [9.17, 15) is 4.79 Å². The Balaban J connectivity index is 1.43. The van der Waals surface area contributed by atoms with E-state index in [2.05, 4.69) is 20.9 Å². The van der Waals surface area contributed by atoms with Crippen LogP contribution >= 0.6 is 0 Å². The minimum Gasteiger partial charge on any atom is -0.352 e. The molecule has 4 rings (SSSR count). The van der Waals surface area contributed by atoms with Crippen LogP contribution in [0.4, 0.5) is 5.82 Å².